The number of benzene rings is 2. The lowest BCUT2D eigenvalue weighted by Gasteiger charge is -2.26. The number of carbonyl (C=O) groups is 1. The molecular formula is C23H28N4O4S2. The Balaban J connectivity index is 1.51. The maximum atomic E-state index is 13.0. The molecule has 1 aromatic heterocycles. The molecule has 1 amide bonds. The van der Waals surface area contributed by atoms with Gasteiger partial charge in [-0.05, 0) is 49.2 Å². The summed E-state index contributed by atoms with van der Waals surface area (Å²) in [6.07, 6.45) is 0.905. The molecule has 1 aliphatic heterocycles. The largest absolute Gasteiger partial charge is 0.379 e. The van der Waals surface area contributed by atoms with Crippen LogP contribution in [0.3, 0.4) is 0 Å². The molecule has 10 heteroatoms. The number of amides is 1. The van der Waals surface area contributed by atoms with Crippen LogP contribution in [0.4, 0.5) is 5.69 Å². The number of aromatic nitrogens is 2. The summed E-state index contributed by atoms with van der Waals surface area (Å²) < 4.78 is 34.7. The van der Waals surface area contributed by atoms with E-state index in [4.69, 9.17) is 4.74 Å². The average molecular weight is 489 g/mol. The highest BCUT2D eigenvalue weighted by molar-refractivity contribution is 7.99. The van der Waals surface area contributed by atoms with Gasteiger partial charge in [0.15, 0.2) is 5.16 Å². The number of carbonyl (C=O) groups excluding carboxylic acids is 1. The predicted molar refractivity (Wildman–Crippen MR) is 130 cm³/mol. The predicted octanol–water partition coefficient (Wildman–Crippen LogP) is 3.37. The van der Waals surface area contributed by atoms with Crippen LogP contribution in [-0.2, 0) is 32.5 Å². The number of sulfonamides is 1. The van der Waals surface area contributed by atoms with E-state index < -0.39 is 10.0 Å². The van der Waals surface area contributed by atoms with Crippen LogP contribution >= 0.6 is 11.8 Å². The molecule has 0 saturated carbocycles. The molecule has 0 aliphatic carbocycles. The van der Waals surface area contributed by atoms with E-state index in [1.165, 1.54) is 16.1 Å². The van der Waals surface area contributed by atoms with Gasteiger partial charge in [-0.15, -0.1) is 0 Å². The van der Waals surface area contributed by atoms with Gasteiger partial charge in [0.05, 0.1) is 34.9 Å². The molecule has 176 valence electrons. The molecule has 8 nitrogen and oxygen atoms in total. The van der Waals surface area contributed by atoms with Gasteiger partial charge in [-0.25, -0.2) is 13.4 Å². The Labute approximate surface area is 198 Å². The van der Waals surface area contributed by atoms with Crippen LogP contribution < -0.4 is 5.32 Å². The number of anilines is 1. The van der Waals surface area contributed by atoms with Crippen molar-refractivity contribution in [2.45, 2.75) is 36.9 Å². The number of aryl methyl sites for hydroxylation is 2. The number of hydrogen-bond donors (Lipinski definition) is 1. The monoisotopic (exact) mass is 488 g/mol. The highest BCUT2D eigenvalue weighted by Crippen LogP contribution is 2.27. The fourth-order valence-electron chi connectivity index (χ4n) is 3.80. The maximum Gasteiger partial charge on any atom is 0.243 e. The number of hydrogen-bond acceptors (Lipinski definition) is 6. The van der Waals surface area contributed by atoms with E-state index in [9.17, 15) is 13.2 Å². The number of nitrogens with zero attached hydrogens (tertiary/aromatic N) is 3. The second-order valence-corrected chi connectivity index (χ2v) is 10.6. The molecule has 33 heavy (non-hydrogen) atoms. The minimum Gasteiger partial charge on any atom is -0.379 e. The summed E-state index contributed by atoms with van der Waals surface area (Å²) >= 11 is 1.34. The second kappa shape index (κ2) is 10.3. The van der Waals surface area contributed by atoms with Crippen LogP contribution in [0, 0.1) is 0 Å². The van der Waals surface area contributed by atoms with Gasteiger partial charge in [-0.2, -0.15) is 4.31 Å². The summed E-state index contributed by atoms with van der Waals surface area (Å²) in [6, 6.07) is 12.8. The first-order valence-corrected chi connectivity index (χ1v) is 13.4. The molecular weight excluding hydrogens is 460 g/mol. The zero-order valence-corrected chi connectivity index (χ0v) is 20.4. The lowest BCUT2D eigenvalue weighted by molar-refractivity contribution is -0.113. The van der Waals surface area contributed by atoms with E-state index in [-0.39, 0.29) is 16.6 Å². The summed E-state index contributed by atoms with van der Waals surface area (Å²) in [5.74, 6) is 0.0945. The van der Waals surface area contributed by atoms with Crippen LogP contribution in [0.25, 0.3) is 11.0 Å². The molecule has 0 bridgehead atoms. The van der Waals surface area contributed by atoms with Gasteiger partial charge < -0.3 is 14.6 Å². The Hall–Kier alpha value is -2.40. The van der Waals surface area contributed by atoms with Crippen molar-refractivity contribution in [3.8, 4) is 0 Å². The number of fused-ring (bicyclic) bond motifs is 1. The number of nitrogens with one attached hydrogen (secondary N) is 1. The molecule has 0 unspecified atom stereocenters. The van der Waals surface area contributed by atoms with Crippen LogP contribution in [0.5, 0.6) is 0 Å². The van der Waals surface area contributed by atoms with E-state index >= 15 is 0 Å². The standard InChI is InChI=1S/C23H28N4O4S2/c1-3-17-6-5-7-18(14-17)24-22(28)16-32-23-25-20-15-19(8-9-21(20)27(23)4-2)33(29,30)26-10-12-31-13-11-26/h5-9,14-15H,3-4,10-13,16H2,1-2H3,(H,24,28). The summed E-state index contributed by atoms with van der Waals surface area (Å²) in [4.78, 5) is 17.4. The molecule has 1 aliphatic rings. The molecule has 2 heterocycles. The third kappa shape index (κ3) is 5.24. The third-order valence-corrected chi connectivity index (χ3v) is 8.43. The lowest BCUT2D eigenvalue weighted by Crippen LogP contribution is -2.40. The lowest BCUT2D eigenvalue weighted by atomic mass is 10.1. The van der Waals surface area contributed by atoms with E-state index in [0.717, 1.165) is 23.2 Å². The Kier molecular flexibility index (Phi) is 7.38. The second-order valence-electron chi connectivity index (χ2n) is 7.70. The molecule has 1 N–H and O–H groups in total. The van der Waals surface area contributed by atoms with Gasteiger partial charge in [-0.1, -0.05) is 30.8 Å². The van der Waals surface area contributed by atoms with E-state index in [2.05, 4.69) is 17.2 Å². The first-order chi connectivity index (χ1) is 15.9. The summed E-state index contributed by atoms with van der Waals surface area (Å²) in [5, 5.41) is 3.62. The van der Waals surface area contributed by atoms with Crippen LogP contribution in [0.2, 0.25) is 0 Å². The third-order valence-electron chi connectivity index (χ3n) is 5.56. The van der Waals surface area contributed by atoms with Gasteiger partial charge in [0.2, 0.25) is 15.9 Å². The van der Waals surface area contributed by atoms with Crippen molar-refractivity contribution >= 4 is 44.4 Å². The normalized spacial score (nSPS) is 15.1. The van der Waals surface area contributed by atoms with Crippen LogP contribution in [0.15, 0.2) is 52.5 Å². The number of imidazole rings is 1. The fraction of sp³-hybridized carbons (Fsp3) is 0.391. The number of ether oxygens (including phenoxy) is 1. The molecule has 1 saturated heterocycles. The van der Waals surface area contributed by atoms with Crippen molar-refractivity contribution in [3.63, 3.8) is 0 Å². The highest BCUT2D eigenvalue weighted by Gasteiger charge is 2.27. The zero-order valence-electron chi connectivity index (χ0n) is 18.8. The minimum absolute atomic E-state index is 0.112. The van der Waals surface area contributed by atoms with Crippen LogP contribution in [0.1, 0.15) is 19.4 Å². The van der Waals surface area contributed by atoms with Crippen molar-refractivity contribution in [1.82, 2.24) is 13.9 Å². The van der Waals surface area contributed by atoms with Gasteiger partial charge in [-0.3, -0.25) is 4.79 Å². The molecule has 4 rings (SSSR count). The van der Waals surface area contributed by atoms with Crippen molar-refractivity contribution in [2.24, 2.45) is 0 Å². The molecule has 0 atom stereocenters. The van der Waals surface area contributed by atoms with Crippen molar-refractivity contribution in [3.05, 3.63) is 48.0 Å². The van der Waals surface area contributed by atoms with E-state index in [1.54, 1.807) is 18.2 Å². The Bertz CT molecular complexity index is 1250. The molecule has 0 spiro atoms. The number of thioether (sulfide) groups is 1. The van der Waals surface area contributed by atoms with Crippen molar-refractivity contribution in [2.75, 3.05) is 37.4 Å². The Morgan fingerprint density at radius 1 is 1.15 bits per heavy atom. The van der Waals surface area contributed by atoms with Gasteiger partial charge in [0.25, 0.3) is 0 Å². The first-order valence-electron chi connectivity index (χ1n) is 11.0. The minimum atomic E-state index is -3.60. The Morgan fingerprint density at radius 2 is 1.94 bits per heavy atom. The summed E-state index contributed by atoms with van der Waals surface area (Å²) in [7, 11) is -3.60. The van der Waals surface area contributed by atoms with Crippen molar-refractivity contribution < 1.29 is 17.9 Å². The first kappa shape index (κ1) is 23.7. The van der Waals surface area contributed by atoms with E-state index in [0.29, 0.717) is 43.5 Å². The zero-order chi connectivity index (χ0) is 23.4. The quantitative estimate of drug-likeness (QED) is 0.489. The highest BCUT2D eigenvalue weighted by atomic mass is 32.2. The molecule has 1 fully saturated rings. The van der Waals surface area contributed by atoms with Crippen LogP contribution in [-0.4, -0.2) is 60.2 Å². The SMILES string of the molecule is CCc1cccc(NC(=O)CSc2nc3cc(S(=O)(=O)N4CCOCC4)ccc3n2CC)c1. The van der Waals surface area contributed by atoms with E-state index in [1.807, 2.05) is 35.8 Å². The smallest absolute Gasteiger partial charge is 0.243 e. The Morgan fingerprint density at radius 3 is 2.67 bits per heavy atom. The molecule has 2 aromatic carbocycles. The number of morpholine rings is 1. The van der Waals surface area contributed by atoms with Gasteiger partial charge in [0.1, 0.15) is 0 Å². The topological polar surface area (TPSA) is 93.5 Å². The summed E-state index contributed by atoms with van der Waals surface area (Å²) in [5.41, 5.74) is 3.39. The van der Waals surface area contributed by atoms with Crippen molar-refractivity contribution in [1.29, 1.82) is 0 Å². The fourth-order valence-corrected chi connectivity index (χ4v) is 6.10. The molecule has 3 aromatic rings. The molecule has 0 radical (unpaired) electrons. The van der Waals surface area contributed by atoms with Gasteiger partial charge >= 0.3 is 0 Å². The maximum absolute atomic E-state index is 13.0. The number of rotatable bonds is 8. The van der Waals surface area contributed by atoms with Gasteiger partial charge in [0, 0.05) is 25.3 Å². The summed E-state index contributed by atoms with van der Waals surface area (Å²) in [6.45, 7) is 6.23. The average Bonchev–Trinajstić information content (AvgIpc) is 3.20.